The largest absolute Gasteiger partial charge is 0.508 e. The van der Waals surface area contributed by atoms with Gasteiger partial charge in [-0.05, 0) is 202 Å². The number of benzene rings is 8. The number of rotatable bonds is 10. The van der Waals surface area contributed by atoms with Gasteiger partial charge in [-0.2, -0.15) is 0 Å². The number of phenols is 1. The van der Waals surface area contributed by atoms with Crippen LogP contribution in [0.4, 0.5) is 11.5 Å². The highest BCUT2D eigenvalue weighted by atomic mass is 16.5. The van der Waals surface area contributed by atoms with Gasteiger partial charge in [0.1, 0.15) is 28.3 Å². The van der Waals surface area contributed by atoms with Gasteiger partial charge in [0.25, 0.3) is 0 Å². The molecule has 11 unspecified atom stereocenters. The summed E-state index contributed by atoms with van der Waals surface area (Å²) in [5.41, 5.74) is 27.2. The van der Waals surface area contributed by atoms with Crippen molar-refractivity contribution in [2.45, 2.75) is 119 Å². The lowest BCUT2D eigenvalue weighted by Gasteiger charge is -2.54. The number of aromatic hydroxyl groups is 1. The van der Waals surface area contributed by atoms with Gasteiger partial charge in [-0.1, -0.05) is 140 Å². The number of nitrogens with two attached hydrogens (primary N) is 2. The number of ether oxygens (including phenoxy) is 3. The molecule has 14 nitrogen and oxygen atoms in total. The molecule has 6 aliphatic carbocycles. The Hall–Kier alpha value is -10.0. The molecule has 4 aliphatic heterocycles. The molecule has 0 radical (unpaired) electrons. The highest BCUT2D eigenvalue weighted by Crippen LogP contribution is 2.73. The van der Waals surface area contributed by atoms with Gasteiger partial charge in [-0.25, -0.2) is 4.99 Å². The first kappa shape index (κ1) is 64.8. The molecule has 10 aromatic rings. The van der Waals surface area contributed by atoms with E-state index in [1.165, 1.54) is 68.2 Å². The number of guanidine groups is 1. The number of methoxy groups -OCH3 is 1. The van der Waals surface area contributed by atoms with Crippen molar-refractivity contribution in [3.05, 3.63) is 224 Å². The van der Waals surface area contributed by atoms with E-state index in [2.05, 4.69) is 131 Å². The summed E-state index contributed by atoms with van der Waals surface area (Å²) in [4.78, 5) is 27.6. The van der Waals surface area contributed by atoms with Crippen molar-refractivity contribution < 1.29 is 33.9 Å². The Morgan fingerprint density at radius 2 is 1.69 bits per heavy atom. The minimum absolute atomic E-state index is 0.00518. The number of piperazine rings is 1. The molecule has 526 valence electrons. The first-order valence-electron chi connectivity index (χ1n) is 37.8. The number of allylic oxidation sites excluding steroid dienone is 2. The second kappa shape index (κ2) is 24.8. The summed E-state index contributed by atoms with van der Waals surface area (Å²) in [5.74, 6) is 11.0. The predicted octanol–water partition coefficient (Wildman–Crippen LogP) is 15.1. The standard InChI is InChI=1S/C90H88N6O8/c1-87-61-22-23-62-24-30-71-72-44-58(31-36-89(62,87)37-32-61)67-29-20-60-43-57-12-6-7-14-66(57)68-33-35-88(72,80(67)78(60)68)51-90(71)63-21-17-59(73(45-63)94-86(91)92)42-54(49-97)50-103-82-69(28-16-53-11-8-13-56(41-53)70-46-76(87)95-85(70)96-39-38-93-48-77(90)96)81-79(74(100)47-75(104-81)55-18-26-64(98)27-19-55)83(84(82)101-2)102-40-34-65(99)25-15-52-9-4-3-5-10-52/h3-15,17-21,25-27,29,41,43-47,54,61-62,65,71-72,77,93,95,97-99H,16,22-23,28,31-40,42,48-51H2,1-2H3,(H4,91,92,94). The number of aromatic amines is 1. The molecule has 8 aromatic carbocycles. The predicted molar refractivity (Wildman–Crippen MR) is 412 cm³/mol. The summed E-state index contributed by atoms with van der Waals surface area (Å²) in [6.45, 7) is 4.60. The number of hydrogen-bond donors (Lipinski definition) is 7. The Morgan fingerprint density at radius 3 is 2.55 bits per heavy atom. The number of fused-ring (bicyclic) bond motifs is 11. The highest BCUT2D eigenvalue weighted by Gasteiger charge is 2.69. The second-order valence-corrected chi connectivity index (χ2v) is 31.6. The first-order chi connectivity index (χ1) is 50.8. The van der Waals surface area contributed by atoms with Crippen LogP contribution in [0, 0.1) is 46.8 Å². The van der Waals surface area contributed by atoms with E-state index < -0.39 is 17.4 Å². The van der Waals surface area contributed by atoms with Crippen LogP contribution in [0.15, 0.2) is 178 Å². The number of aliphatic hydroxyl groups is 2. The summed E-state index contributed by atoms with van der Waals surface area (Å²) in [7, 11) is 1.54. The van der Waals surface area contributed by atoms with E-state index in [1.54, 1.807) is 30.3 Å². The van der Waals surface area contributed by atoms with Crippen LogP contribution in [0.3, 0.4) is 0 Å². The van der Waals surface area contributed by atoms with E-state index in [0.29, 0.717) is 54.3 Å². The molecular weight excluding hydrogens is 1290 g/mol. The Balaban J connectivity index is 0.841. The normalized spacial score (nSPS) is 27.0. The molecule has 20 rings (SSSR count). The molecule has 6 heterocycles. The van der Waals surface area contributed by atoms with E-state index in [4.69, 9.17) is 35.1 Å². The zero-order chi connectivity index (χ0) is 70.4. The molecule has 4 fully saturated rings. The zero-order valence-corrected chi connectivity index (χ0v) is 59.1. The number of hydrogen-bond acceptors (Lipinski definition) is 11. The SMILES string of the molecule is COc1c2c(c3oc(-c4ccc(O)cc4)cc(=O)c3c1OCCC(O)C=Cc1ccccc1)CCc1cccc(c1)-c1cc3[nH]c1N1CCNCC1C1(CC45CCc6c7ccccc7cc7ccc(c4c67)C4=CC5C1C#CC1CCC5CCC1(CC4)C35C)c1ccc(c(N=C(N)N)c1)CC(CO)CO2. The molecular formula is C90H88N6O8. The van der Waals surface area contributed by atoms with E-state index in [0.717, 1.165) is 105 Å². The lowest BCUT2D eigenvalue weighted by molar-refractivity contribution is 0.0306. The lowest BCUT2D eigenvalue weighted by Crippen LogP contribution is -2.62. The van der Waals surface area contributed by atoms with Gasteiger partial charge in [0.15, 0.2) is 22.9 Å². The van der Waals surface area contributed by atoms with Gasteiger partial charge >= 0.3 is 0 Å². The summed E-state index contributed by atoms with van der Waals surface area (Å²) < 4.78 is 27.5. The number of nitrogens with zero attached hydrogens (tertiary/aromatic N) is 2. The maximum absolute atomic E-state index is 15.2. The van der Waals surface area contributed by atoms with Crippen LogP contribution in [0.1, 0.15) is 115 Å². The summed E-state index contributed by atoms with van der Waals surface area (Å²) in [6, 6.07) is 52.7. The molecule has 14 bridgehead atoms. The zero-order valence-electron chi connectivity index (χ0n) is 59.1. The van der Waals surface area contributed by atoms with Crippen molar-refractivity contribution >= 4 is 61.6 Å². The van der Waals surface area contributed by atoms with Gasteiger partial charge < -0.3 is 60.6 Å². The van der Waals surface area contributed by atoms with Crippen LogP contribution < -0.4 is 41.3 Å². The number of phenolic OH excluding ortho intramolecular Hbond substituents is 1. The molecule has 0 amide bonds. The van der Waals surface area contributed by atoms with Crippen molar-refractivity contribution in [1.29, 1.82) is 0 Å². The van der Waals surface area contributed by atoms with E-state index in [1.807, 2.05) is 36.4 Å². The van der Waals surface area contributed by atoms with Crippen LogP contribution in [0.5, 0.6) is 23.0 Å². The molecule has 1 saturated heterocycles. The van der Waals surface area contributed by atoms with Crippen molar-refractivity contribution in [3.63, 3.8) is 0 Å². The topological polar surface area (TPSA) is 214 Å². The van der Waals surface area contributed by atoms with Crippen LogP contribution in [-0.4, -0.2) is 85.0 Å². The highest BCUT2D eigenvalue weighted by molar-refractivity contribution is 6.07. The smallest absolute Gasteiger partial charge is 0.204 e. The quantitative estimate of drug-likeness (QED) is 0.0295. The lowest BCUT2D eigenvalue weighted by atomic mass is 9.49. The fourth-order valence-corrected chi connectivity index (χ4v) is 22.0. The fraction of sp³-hybridized carbons (Fsp3) is 0.356. The number of aliphatic imine (C=N–C) groups is 1. The molecule has 11 atom stereocenters. The minimum atomic E-state index is -0.885. The fourth-order valence-electron chi connectivity index (χ4n) is 22.0. The second-order valence-electron chi connectivity index (χ2n) is 31.6. The first-order valence-corrected chi connectivity index (χ1v) is 37.8. The van der Waals surface area contributed by atoms with Crippen molar-refractivity contribution in [2.75, 3.05) is 51.5 Å². The van der Waals surface area contributed by atoms with Gasteiger partial charge in [-0.15, -0.1) is 0 Å². The minimum Gasteiger partial charge on any atom is -0.508 e. The number of H-pyrrole nitrogens is 1. The average Bonchev–Trinajstić information content (AvgIpc) is 1.31. The van der Waals surface area contributed by atoms with Crippen LogP contribution in [0.25, 0.3) is 66.6 Å². The van der Waals surface area contributed by atoms with Gasteiger partial charge in [0.2, 0.25) is 5.75 Å². The van der Waals surface area contributed by atoms with Crippen molar-refractivity contribution in [1.82, 2.24) is 10.3 Å². The average molecular weight is 1380 g/mol. The number of nitrogens with one attached hydrogen (secondary N) is 2. The molecule has 9 N–H and O–H groups in total. The Bertz CT molecular complexity index is 5390. The van der Waals surface area contributed by atoms with E-state index >= 15 is 4.79 Å². The molecule has 104 heavy (non-hydrogen) atoms. The molecule has 3 spiro atoms. The molecule has 14 heteroatoms. The number of aryl methyl sites for hydroxylation is 3. The van der Waals surface area contributed by atoms with Crippen molar-refractivity contribution in [3.8, 4) is 57.3 Å². The summed E-state index contributed by atoms with van der Waals surface area (Å²) >= 11 is 0. The number of aliphatic hydroxyl groups excluding tert-OH is 2. The van der Waals surface area contributed by atoms with Gasteiger partial charge in [-0.3, -0.25) is 4.79 Å². The Morgan fingerprint density at radius 1 is 0.827 bits per heavy atom. The summed E-state index contributed by atoms with van der Waals surface area (Å²) in [6.07, 6.45) is 16.1. The third-order valence-electron chi connectivity index (χ3n) is 26.8. The molecule has 10 aliphatic rings. The van der Waals surface area contributed by atoms with Gasteiger partial charge in [0.05, 0.1) is 38.2 Å². The van der Waals surface area contributed by atoms with E-state index in [-0.39, 0.29) is 112 Å². The third kappa shape index (κ3) is 9.85. The number of anilines is 1. The van der Waals surface area contributed by atoms with E-state index in [9.17, 15) is 15.3 Å². The molecule has 2 aromatic heterocycles. The maximum atomic E-state index is 15.2. The van der Waals surface area contributed by atoms with Gasteiger partial charge in [0, 0.05) is 101 Å². The monoisotopic (exact) mass is 1380 g/mol. The number of aromatic nitrogens is 1. The Labute approximate surface area is 605 Å². The van der Waals surface area contributed by atoms with Crippen LogP contribution in [0.2, 0.25) is 0 Å². The maximum Gasteiger partial charge on any atom is 0.204 e. The summed E-state index contributed by atoms with van der Waals surface area (Å²) in [5, 5.41) is 43.3. The third-order valence-corrected chi connectivity index (χ3v) is 26.8. The Kier molecular flexibility index (Phi) is 15.5. The van der Waals surface area contributed by atoms with Crippen LogP contribution in [-0.2, 0) is 41.9 Å². The van der Waals surface area contributed by atoms with Crippen LogP contribution >= 0.6 is 0 Å². The van der Waals surface area contributed by atoms with Crippen molar-refractivity contribution in [2.24, 2.45) is 51.5 Å². The molecule has 3 saturated carbocycles.